The number of nitrogens with one attached hydrogen (secondary N) is 1. The van der Waals surface area contributed by atoms with E-state index in [9.17, 15) is 9.18 Å². The number of hydrogen-bond donors (Lipinski definition) is 1. The lowest BCUT2D eigenvalue weighted by Crippen LogP contribution is -2.35. The highest BCUT2D eigenvalue weighted by atomic mass is 19.1. The third kappa shape index (κ3) is 6.75. The van der Waals surface area contributed by atoms with Crippen molar-refractivity contribution in [2.75, 3.05) is 38.7 Å². The van der Waals surface area contributed by atoms with Crippen LogP contribution >= 0.6 is 0 Å². The number of ether oxygens (including phenoxy) is 1. The second-order valence-electron chi connectivity index (χ2n) is 13.6. The van der Waals surface area contributed by atoms with Gasteiger partial charge in [-0.3, -0.25) is 19.3 Å². The van der Waals surface area contributed by atoms with Crippen LogP contribution in [0.25, 0.3) is 11.4 Å². The van der Waals surface area contributed by atoms with Crippen LogP contribution in [0, 0.1) is 0 Å². The molecule has 0 aliphatic carbocycles. The number of halogens is 1. The topological polar surface area (TPSA) is 95.4 Å². The highest BCUT2D eigenvalue weighted by Gasteiger charge is 2.35. The molecular weight excluding hydrogens is 607 g/mol. The fourth-order valence-corrected chi connectivity index (χ4v) is 7.98. The zero-order chi connectivity index (χ0) is 33.2. The van der Waals surface area contributed by atoms with Gasteiger partial charge in [0.25, 0.3) is 0 Å². The van der Waals surface area contributed by atoms with Crippen molar-refractivity contribution in [3.8, 4) is 17.4 Å². The van der Waals surface area contributed by atoms with Crippen LogP contribution in [0.5, 0.6) is 6.01 Å². The summed E-state index contributed by atoms with van der Waals surface area (Å²) in [4.78, 5) is 31.5. The third-order valence-electron chi connectivity index (χ3n) is 10.3. The molecular formula is C37H47FN8O2. The highest BCUT2D eigenvalue weighted by Crippen LogP contribution is 2.38. The maximum atomic E-state index is 12.6. The monoisotopic (exact) mass is 654 g/mol. The van der Waals surface area contributed by atoms with E-state index in [1.54, 1.807) is 13.2 Å². The number of fused-ring (bicyclic) bond motifs is 3. The van der Waals surface area contributed by atoms with Crippen LogP contribution in [0.2, 0.25) is 0 Å². The number of methoxy groups -OCH3 is 1. The molecule has 0 spiro atoms. The van der Waals surface area contributed by atoms with Crippen LogP contribution in [-0.4, -0.2) is 80.5 Å². The zero-order valence-electron chi connectivity index (χ0n) is 28.4. The molecule has 0 radical (unpaired) electrons. The van der Waals surface area contributed by atoms with Crippen molar-refractivity contribution in [2.24, 2.45) is 0 Å². The lowest BCUT2D eigenvalue weighted by atomic mass is 9.89. The van der Waals surface area contributed by atoms with Gasteiger partial charge in [0.05, 0.1) is 30.7 Å². The van der Waals surface area contributed by atoms with Crippen LogP contribution in [0.3, 0.4) is 0 Å². The second-order valence-corrected chi connectivity index (χ2v) is 13.6. The van der Waals surface area contributed by atoms with Crippen LogP contribution in [0.4, 0.5) is 10.2 Å². The van der Waals surface area contributed by atoms with Gasteiger partial charge in [-0.25, -0.2) is 4.39 Å². The number of aromatic amines is 1. The Labute approximate surface area is 282 Å². The number of aromatic nitrogens is 5. The Kier molecular flexibility index (Phi) is 9.59. The van der Waals surface area contributed by atoms with Crippen molar-refractivity contribution in [2.45, 2.75) is 89.8 Å². The Morgan fingerprint density at radius 3 is 2.73 bits per heavy atom. The summed E-state index contributed by atoms with van der Waals surface area (Å²) < 4.78 is 20.3. The van der Waals surface area contributed by atoms with Crippen molar-refractivity contribution in [1.29, 1.82) is 0 Å². The number of hydrogen-bond acceptors (Lipinski definition) is 8. The third-order valence-corrected chi connectivity index (χ3v) is 10.3. The van der Waals surface area contributed by atoms with E-state index in [1.165, 1.54) is 35.6 Å². The number of anilines is 1. The van der Waals surface area contributed by atoms with E-state index in [0.717, 1.165) is 86.9 Å². The number of pyridine rings is 1. The molecule has 4 aliphatic heterocycles. The minimum atomic E-state index is -0.518. The molecule has 3 atom stereocenters. The predicted octanol–water partition coefficient (Wildman–Crippen LogP) is 5.32. The molecule has 3 unspecified atom stereocenters. The number of nitrogens with zero attached hydrogens (tertiary/aromatic N) is 7. The summed E-state index contributed by atoms with van der Waals surface area (Å²) >= 11 is 0. The summed E-state index contributed by atoms with van der Waals surface area (Å²) in [5.41, 5.74) is 7.50. The van der Waals surface area contributed by atoms with Crippen molar-refractivity contribution in [3.05, 3.63) is 87.0 Å². The molecule has 7 heterocycles. The number of likely N-dealkylation sites (N-methyl/N-ethyl adjacent to an activating group) is 1. The van der Waals surface area contributed by atoms with E-state index < -0.39 is 6.17 Å². The van der Waals surface area contributed by atoms with Gasteiger partial charge in [0.15, 0.2) is 0 Å². The SMILES string of the molecule is CCCc1ccccc1C1Cc2nc(OC)nc(N3CCCn4nc(-c5cccc(=O)[nH]5)cc4C3)c2CN1C.FC1CC2CCCN2C1. The first-order chi connectivity index (χ1) is 23.4. The molecule has 1 N–H and O–H groups in total. The van der Waals surface area contributed by atoms with Crippen LogP contribution in [0.1, 0.15) is 73.1 Å². The molecule has 4 aliphatic rings. The molecule has 8 rings (SSSR count). The summed E-state index contributed by atoms with van der Waals surface area (Å²) in [5.74, 6) is 0.938. The quantitative estimate of drug-likeness (QED) is 0.299. The molecule has 2 fully saturated rings. The summed E-state index contributed by atoms with van der Waals surface area (Å²) in [5, 5.41) is 4.80. The van der Waals surface area contributed by atoms with E-state index in [2.05, 4.69) is 68.7 Å². The van der Waals surface area contributed by atoms with E-state index in [-0.39, 0.29) is 11.6 Å². The number of rotatable bonds is 6. The van der Waals surface area contributed by atoms with Crippen LogP contribution in [0.15, 0.2) is 53.3 Å². The Bertz CT molecular complexity index is 1780. The maximum Gasteiger partial charge on any atom is 0.318 e. The number of aryl methyl sites for hydroxylation is 2. The zero-order valence-corrected chi connectivity index (χ0v) is 28.4. The molecule has 11 heteroatoms. The smallest absolute Gasteiger partial charge is 0.318 e. The predicted molar refractivity (Wildman–Crippen MR) is 185 cm³/mol. The van der Waals surface area contributed by atoms with Crippen molar-refractivity contribution in [3.63, 3.8) is 0 Å². The molecule has 4 aromatic rings. The standard InChI is InChI=1S/C30H35N7O2.C7H12FN/c1-4-9-20-10-5-6-11-22(20)27-17-25-23(19-35(27)2)29(33-30(32-25)39-3)36-14-8-15-37-21(18-36)16-26(34-37)24-12-7-13-28(38)31-24;8-6-4-7-2-1-3-9(7)5-6/h5-7,10-13,16,27H,4,8-9,14-15,17-19H2,1-3H3,(H,31,38);6-7H,1-5H2. The number of alkyl halides is 1. The van der Waals surface area contributed by atoms with Crippen molar-refractivity contribution < 1.29 is 9.13 Å². The van der Waals surface area contributed by atoms with Gasteiger partial charge in [0.1, 0.15) is 17.7 Å². The average molecular weight is 655 g/mol. The lowest BCUT2D eigenvalue weighted by Gasteiger charge is -2.37. The van der Waals surface area contributed by atoms with Crippen molar-refractivity contribution >= 4 is 5.82 Å². The summed E-state index contributed by atoms with van der Waals surface area (Å²) in [6.45, 7) is 7.20. The molecule has 3 aromatic heterocycles. The normalized spacial score (nSPS) is 22.3. The minimum absolute atomic E-state index is 0.128. The Morgan fingerprint density at radius 1 is 1.04 bits per heavy atom. The summed E-state index contributed by atoms with van der Waals surface area (Å²) in [7, 11) is 3.84. The first kappa shape index (κ1) is 32.5. The van der Waals surface area contributed by atoms with E-state index in [4.69, 9.17) is 19.8 Å². The average Bonchev–Trinajstić information content (AvgIpc) is 3.76. The van der Waals surface area contributed by atoms with E-state index in [0.29, 0.717) is 25.1 Å². The van der Waals surface area contributed by atoms with Gasteiger partial charge in [-0.15, -0.1) is 0 Å². The van der Waals surface area contributed by atoms with Gasteiger partial charge in [-0.05, 0) is 69.0 Å². The number of benzene rings is 1. The molecule has 254 valence electrons. The molecule has 0 bridgehead atoms. The Hall–Kier alpha value is -4.09. The molecule has 2 saturated heterocycles. The van der Waals surface area contributed by atoms with E-state index in [1.807, 2.05) is 6.07 Å². The van der Waals surface area contributed by atoms with Gasteiger partial charge in [-0.2, -0.15) is 15.1 Å². The largest absolute Gasteiger partial charge is 0.467 e. The molecule has 10 nitrogen and oxygen atoms in total. The van der Waals surface area contributed by atoms with Gasteiger partial charge >= 0.3 is 6.01 Å². The van der Waals surface area contributed by atoms with E-state index >= 15 is 0 Å². The summed E-state index contributed by atoms with van der Waals surface area (Å²) in [6, 6.07) is 17.3. The fraction of sp³-hybridized carbons (Fsp3) is 0.514. The lowest BCUT2D eigenvalue weighted by molar-refractivity contribution is 0.212. The maximum absolute atomic E-state index is 12.6. The molecule has 48 heavy (non-hydrogen) atoms. The van der Waals surface area contributed by atoms with Crippen LogP contribution < -0.4 is 15.2 Å². The Balaban J connectivity index is 0.000000347. The first-order valence-corrected chi connectivity index (χ1v) is 17.5. The second kappa shape index (κ2) is 14.2. The molecule has 1 aromatic carbocycles. The number of H-pyrrole nitrogens is 1. The van der Waals surface area contributed by atoms with Crippen LogP contribution in [-0.2, 0) is 32.5 Å². The van der Waals surface area contributed by atoms with Crippen molar-refractivity contribution in [1.82, 2.24) is 34.5 Å². The highest BCUT2D eigenvalue weighted by molar-refractivity contribution is 5.56. The van der Waals surface area contributed by atoms with Gasteiger partial charge in [-0.1, -0.05) is 43.7 Å². The molecule has 0 amide bonds. The summed E-state index contributed by atoms with van der Waals surface area (Å²) in [6.07, 6.45) is 6.76. The first-order valence-electron chi connectivity index (χ1n) is 17.5. The Morgan fingerprint density at radius 2 is 1.92 bits per heavy atom. The van der Waals surface area contributed by atoms with Gasteiger partial charge in [0.2, 0.25) is 5.56 Å². The van der Waals surface area contributed by atoms with Gasteiger partial charge < -0.3 is 14.6 Å². The fourth-order valence-electron chi connectivity index (χ4n) is 7.98. The minimum Gasteiger partial charge on any atom is -0.467 e. The molecule has 0 saturated carbocycles. The van der Waals surface area contributed by atoms with Gasteiger partial charge in [0, 0.05) is 56.3 Å².